The van der Waals surface area contributed by atoms with Gasteiger partial charge in [0, 0.05) is 16.5 Å². The van der Waals surface area contributed by atoms with E-state index in [0.717, 1.165) is 29.0 Å². The maximum Gasteiger partial charge on any atom is 0.227 e. The monoisotopic (exact) mass is 328 g/mol. The highest BCUT2D eigenvalue weighted by molar-refractivity contribution is 7.10. The van der Waals surface area contributed by atoms with Crippen LogP contribution in [0.2, 0.25) is 0 Å². The molecule has 1 heterocycles. The van der Waals surface area contributed by atoms with E-state index in [4.69, 9.17) is 0 Å². The Balaban J connectivity index is 1.53. The Kier molecular flexibility index (Phi) is 4.76. The van der Waals surface area contributed by atoms with Crippen LogP contribution in [-0.2, 0) is 16.0 Å². The minimum atomic E-state index is -0.0596. The average molecular weight is 328 g/mol. The number of hydrogen-bond acceptors (Lipinski definition) is 3. The normalized spacial score (nSPS) is 15.0. The van der Waals surface area contributed by atoms with Crippen LogP contribution in [0.5, 0.6) is 0 Å². The minimum absolute atomic E-state index is 0.0195. The van der Waals surface area contributed by atoms with Crippen LogP contribution in [0, 0.1) is 5.92 Å². The number of carbonyl (C=O) groups is 2. The Morgan fingerprint density at radius 3 is 2.57 bits per heavy atom. The summed E-state index contributed by atoms with van der Waals surface area (Å²) in [5.74, 6) is 0.325. The van der Waals surface area contributed by atoms with Gasteiger partial charge in [0.1, 0.15) is 0 Å². The topological polar surface area (TPSA) is 58.2 Å². The molecule has 1 aliphatic rings. The largest absolute Gasteiger partial charge is 0.349 e. The van der Waals surface area contributed by atoms with E-state index in [-0.39, 0.29) is 23.8 Å². The van der Waals surface area contributed by atoms with Gasteiger partial charge < -0.3 is 10.6 Å². The quantitative estimate of drug-likeness (QED) is 0.852. The lowest BCUT2D eigenvalue weighted by Gasteiger charge is -2.15. The van der Waals surface area contributed by atoms with Crippen molar-refractivity contribution in [2.75, 3.05) is 5.32 Å². The zero-order valence-electron chi connectivity index (χ0n) is 13.0. The number of anilines is 1. The highest BCUT2D eigenvalue weighted by Crippen LogP contribution is 2.30. The summed E-state index contributed by atoms with van der Waals surface area (Å²) in [5, 5.41) is 7.89. The standard InChI is InChI=1S/C18H20N2O2S/c1-12(19-17(21)11-16-3-2-10-23-16)13-6-8-15(9-7-13)20-18(22)14-4-5-14/h2-3,6-10,12,14H,4-5,11H2,1H3,(H,19,21)(H,20,22). The van der Waals surface area contributed by atoms with E-state index in [1.54, 1.807) is 11.3 Å². The van der Waals surface area contributed by atoms with E-state index in [1.807, 2.05) is 48.7 Å². The molecule has 0 aliphatic heterocycles. The molecule has 1 fully saturated rings. The third-order valence-electron chi connectivity index (χ3n) is 3.92. The Morgan fingerprint density at radius 2 is 1.96 bits per heavy atom. The smallest absolute Gasteiger partial charge is 0.227 e. The molecule has 4 nitrogen and oxygen atoms in total. The van der Waals surface area contributed by atoms with Gasteiger partial charge in [-0.25, -0.2) is 0 Å². The van der Waals surface area contributed by atoms with Gasteiger partial charge in [-0.05, 0) is 48.9 Å². The van der Waals surface area contributed by atoms with E-state index >= 15 is 0 Å². The molecule has 1 atom stereocenters. The van der Waals surface area contributed by atoms with Crippen LogP contribution >= 0.6 is 11.3 Å². The molecule has 3 rings (SSSR count). The van der Waals surface area contributed by atoms with Crippen LogP contribution in [0.4, 0.5) is 5.69 Å². The van der Waals surface area contributed by atoms with E-state index in [2.05, 4.69) is 10.6 Å². The molecule has 1 aromatic carbocycles. The average Bonchev–Trinajstić information content (AvgIpc) is 3.27. The van der Waals surface area contributed by atoms with Crippen molar-refractivity contribution >= 4 is 28.8 Å². The molecule has 0 saturated heterocycles. The van der Waals surface area contributed by atoms with Crippen LogP contribution < -0.4 is 10.6 Å². The van der Waals surface area contributed by atoms with Gasteiger partial charge in [-0.1, -0.05) is 18.2 Å². The summed E-state index contributed by atoms with van der Waals surface area (Å²) in [4.78, 5) is 24.8. The molecule has 23 heavy (non-hydrogen) atoms. The second kappa shape index (κ2) is 6.96. The molecule has 0 radical (unpaired) electrons. The molecule has 0 bridgehead atoms. The second-order valence-electron chi connectivity index (χ2n) is 5.93. The van der Waals surface area contributed by atoms with Gasteiger partial charge in [0.2, 0.25) is 11.8 Å². The summed E-state index contributed by atoms with van der Waals surface area (Å²) in [5.41, 5.74) is 1.83. The van der Waals surface area contributed by atoms with Crippen molar-refractivity contribution in [3.05, 3.63) is 52.2 Å². The fraction of sp³-hybridized carbons (Fsp3) is 0.333. The molecule has 1 unspecified atom stereocenters. The first-order chi connectivity index (χ1) is 11.1. The van der Waals surface area contributed by atoms with Crippen LogP contribution in [0.1, 0.15) is 36.2 Å². The van der Waals surface area contributed by atoms with Gasteiger partial charge in [0.05, 0.1) is 12.5 Å². The van der Waals surface area contributed by atoms with Crippen LogP contribution in [-0.4, -0.2) is 11.8 Å². The van der Waals surface area contributed by atoms with Crippen molar-refractivity contribution < 1.29 is 9.59 Å². The van der Waals surface area contributed by atoms with Crippen molar-refractivity contribution in [1.29, 1.82) is 0 Å². The maximum atomic E-state index is 12.0. The summed E-state index contributed by atoms with van der Waals surface area (Å²) < 4.78 is 0. The first kappa shape index (κ1) is 15.7. The fourth-order valence-electron chi connectivity index (χ4n) is 2.39. The van der Waals surface area contributed by atoms with Crippen molar-refractivity contribution in [1.82, 2.24) is 5.32 Å². The van der Waals surface area contributed by atoms with Gasteiger partial charge in [0.15, 0.2) is 0 Å². The minimum Gasteiger partial charge on any atom is -0.349 e. The summed E-state index contributed by atoms with van der Waals surface area (Å²) in [7, 11) is 0. The molecule has 0 spiro atoms. The Labute approximate surface area is 139 Å². The maximum absolute atomic E-state index is 12.0. The number of carbonyl (C=O) groups excluding carboxylic acids is 2. The van der Waals surface area contributed by atoms with Gasteiger partial charge >= 0.3 is 0 Å². The summed E-state index contributed by atoms with van der Waals surface area (Å²) in [6, 6.07) is 11.5. The third kappa shape index (κ3) is 4.42. The number of amides is 2. The van der Waals surface area contributed by atoms with Gasteiger partial charge in [-0.15, -0.1) is 11.3 Å². The SMILES string of the molecule is CC(NC(=O)Cc1cccs1)c1ccc(NC(=O)C2CC2)cc1. The van der Waals surface area contributed by atoms with Crippen molar-refractivity contribution in [2.24, 2.45) is 5.92 Å². The molecular weight excluding hydrogens is 308 g/mol. The fourth-order valence-corrected chi connectivity index (χ4v) is 3.10. The first-order valence-electron chi connectivity index (χ1n) is 7.84. The lowest BCUT2D eigenvalue weighted by Crippen LogP contribution is -2.27. The zero-order chi connectivity index (χ0) is 16.2. The summed E-state index contributed by atoms with van der Waals surface area (Å²) in [6.07, 6.45) is 2.41. The van der Waals surface area contributed by atoms with Gasteiger partial charge in [0.25, 0.3) is 0 Å². The lowest BCUT2D eigenvalue weighted by atomic mass is 10.1. The Bertz CT molecular complexity index is 676. The molecule has 2 amide bonds. The molecular formula is C18H20N2O2S. The molecule has 5 heteroatoms. The summed E-state index contributed by atoms with van der Waals surface area (Å²) in [6.45, 7) is 1.96. The number of nitrogens with one attached hydrogen (secondary N) is 2. The first-order valence-corrected chi connectivity index (χ1v) is 8.72. The second-order valence-corrected chi connectivity index (χ2v) is 6.96. The molecule has 2 N–H and O–H groups in total. The lowest BCUT2D eigenvalue weighted by molar-refractivity contribution is -0.121. The van der Waals surface area contributed by atoms with Crippen LogP contribution in [0.15, 0.2) is 41.8 Å². The van der Waals surface area contributed by atoms with E-state index in [1.165, 1.54) is 0 Å². The van der Waals surface area contributed by atoms with E-state index in [0.29, 0.717) is 6.42 Å². The molecule has 1 aromatic heterocycles. The predicted molar refractivity (Wildman–Crippen MR) is 92.4 cm³/mol. The molecule has 1 aliphatic carbocycles. The third-order valence-corrected chi connectivity index (χ3v) is 4.80. The number of thiophene rings is 1. The number of hydrogen-bond donors (Lipinski definition) is 2. The molecule has 2 aromatic rings. The highest BCUT2D eigenvalue weighted by Gasteiger charge is 2.29. The zero-order valence-corrected chi connectivity index (χ0v) is 13.9. The number of benzene rings is 1. The van der Waals surface area contributed by atoms with E-state index < -0.39 is 0 Å². The van der Waals surface area contributed by atoms with Crippen molar-refractivity contribution in [3.8, 4) is 0 Å². The van der Waals surface area contributed by atoms with Crippen LogP contribution in [0.3, 0.4) is 0 Å². The van der Waals surface area contributed by atoms with Crippen molar-refractivity contribution in [3.63, 3.8) is 0 Å². The highest BCUT2D eigenvalue weighted by atomic mass is 32.1. The molecule has 1 saturated carbocycles. The van der Waals surface area contributed by atoms with Crippen LogP contribution in [0.25, 0.3) is 0 Å². The number of rotatable bonds is 6. The van der Waals surface area contributed by atoms with Gasteiger partial charge in [-0.3, -0.25) is 9.59 Å². The predicted octanol–water partition coefficient (Wildman–Crippen LogP) is 3.52. The van der Waals surface area contributed by atoms with E-state index in [9.17, 15) is 9.59 Å². The molecule has 120 valence electrons. The van der Waals surface area contributed by atoms with Gasteiger partial charge in [-0.2, -0.15) is 0 Å². The summed E-state index contributed by atoms with van der Waals surface area (Å²) >= 11 is 1.59. The Morgan fingerprint density at radius 1 is 1.22 bits per heavy atom. The Hall–Kier alpha value is -2.14. The van der Waals surface area contributed by atoms with Crippen molar-refractivity contribution in [2.45, 2.75) is 32.2 Å².